The van der Waals surface area contributed by atoms with Gasteiger partial charge in [0.25, 0.3) is 0 Å². The quantitative estimate of drug-likeness (QED) is 0.727. The van der Waals surface area contributed by atoms with Crippen molar-refractivity contribution in [1.29, 1.82) is 0 Å². The van der Waals surface area contributed by atoms with Crippen LogP contribution in [0.5, 0.6) is 0 Å². The van der Waals surface area contributed by atoms with Crippen molar-refractivity contribution in [1.82, 2.24) is 9.55 Å². The number of hydrogen-bond donors (Lipinski definition) is 2. The summed E-state index contributed by atoms with van der Waals surface area (Å²) in [5.74, 6) is -2.89. The number of carboxylic acids is 1. The number of rotatable bonds is 3. The first kappa shape index (κ1) is 15.0. The van der Waals surface area contributed by atoms with Crippen LogP contribution in [0.3, 0.4) is 0 Å². The Morgan fingerprint density at radius 1 is 1.22 bits per heavy atom. The Balaban J connectivity index is 2.33. The first-order chi connectivity index (χ1) is 10.9. The van der Waals surface area contributed by atoms with E-state index in [1.807, 2.05) is 0 Å². The average Bonchev–Trinajstić information content (AvgIpc) is 2.86. The highest BCUT2D eigenvalue weighted by Gasteiger charge is 2.23. The smallest absolute Gasteiger partial charge is 0.326 e. The lowest BCUT2D eigenvalue weighted by molar-refractivity contribution is -0.140. The second kappa shape index (κ2) is 5.35. The number of fused-ring (bicyclic) bond motifs is 1. The van der Waals surface area contributed by atoms with Gasteiger partial charge < -0.3 is 15.4 Å². The normalized spacial score (nSPS) is 12.5. The molecule has 0 amide bonds. The molecule has 0 spiro atoms. The Hall–Kier alpha value is -2.96. The van der Waals surface area contributed by atoms with Gasteiger partial charge >= 0.3 is 5.97 Å². The molecule has 0 saturated carbocycles. The van der Waals surface area contributed by atoms with Crippen molar-refractivity contribution < 1.29 is 18.7 Å². The molecule has 0 radical (unpaired) electrons. The molecule has 0 aliphatic carbocycles. The highest BCUT2D eigenvalue weighted by atomic mass is 19.2. The monoisotopic (exact) mass is 317 g/mol. The van der Waals surface area contributed by atoms with Crippen molar-refractivity contribution in [2.24, 2.45) is 0 Å². The number of aliphatic carboxylic acids is 1. The molecular formula is C16H13F2N3O2. The van der Waals surface area contributed by atoms with Crippen LogP contribution in [0.25, 0.3) is 22.4 Å². The van der Waals surface area contributed by atoms with Crippen LogP contribution >= 0.6 is 0 Å². The molecule has 1 heterocycles. The van der Waals surface area contributed by atoms with E-state index in [1.54, 1.807) is 24.3 Å². The first-order valence-electron chi connectivity index (χ1n) is 6.84. The number of carbonyl (C=O) groups is 1. The largest absolute Gasteiger partial charge is 0.480 e. The lowest BCUT2D eigenvalue weighted by Gasteiger charge is -2.14. The van der Waals surface area contributed by atoms with Gasteiger partial charge in [0.1, 0.15) is 11.9 Å². The number of imidazole rings is 1. The molecule has 1 unspecified atom stereocenters. The number of halogens is 2. The molecular weight excluding hydrogens is 304 g/mol. The number of benzene rings is 2. The molecule has 2 aromatic carbocycles. The molecule has 0 aliphatic rings. The predicted molar refractivity (Wildman–Crippen MR) is 81.8 cm³/mol. The molecule has 1 atom stereocenters. The molecule has 0 aliphatic heterocycles. The maximum Gasteiger partial charge on any atom is 0.326 e. The minimum atomic E-state index is -1.11. The maximum atomic E-state index is 13.6. The van der Waals surface area contributed by atoms with Crippen LogP contribution in [0.15, 0.2) is 36.4 Å². The van der Waals surface area contributed by atoms with Crippen molar-refractivity contribution in [2.45, 2.75) is 13.0 Å². The lowest BCUT2D eigenvalue weighted by Crippen LogP contribution is -2.16. The van der Waals surface area contributed by atoms with Gasteiger partial charge in [-0.3, -0.25) is 0 Å². The minimum Gasteiger partial charge on any atom is -0.480 e. The standard InChI is InChI=1S/C16H13F2N3O2/c1-8(16(22)23)21-14-7-12(18)11(17)6-13(14)20-15(21)9-2-4-10(19)5-3-9/h2-8H,19H2,1H3,(H,22,23). The van der Waals surface area contributed by atoms with E-state index < -0.39 is 23.6 Å². The summed E-state index contributed by atoms with van der Waals surface area (Å²) in [5, 5.41) is 9.32. The van der Waals surface area contributed by atoms with E-state index in [4.69, 9.17) is 5.73 Å². The first-order valence-corrected chi connectivity index (χ1v) is 6.84. The number of anilines is 1. The van der Waals surface area contributed by atoms with E-state index in [0.717, 1.165) is 12.1 Å². The van der Waals surface area contributed by atoms with E-state index in [1.165, 1.54) is 11.5 Å². The molecule has 3 rings (SSSR count). The second-order valence-corrected chi connectivity index (χ2v) is 5.20. The van der Waals surface area contributed by atoms with Gasteiger partial charge in [0.15, 0.2) is 11.6 Å². The number of nitrogens with zero attached hydrogens (tertiary/aromatic N) is 2. The number of aromatic nitrogens is 2. The third kappa shape index (κ3) is 2.50. The number of nitrogens with two attached hydrogens (primary N) is 1. The van der Waals surface area contributed by atoms with Gasteiger partial charge in [0.2, 0.25) is 0 Å². The fraction of sp³-hybridized carbons (Fsp3) is 0.125. The fourth-order valence-electron chi connectivity index (χ4n) is 2.43. The van der Waals surface area contributed by atoms with Gasteiger partial charge in [0, 0.05) is 23.4 Å². The summed E-state index contributed by atoms with van der Waals surface area (Å²) in [5.41, 5.74) is 7.19. The molecule has 0 bridgehead atoms. The van der Waals surface area contributed by atoms with Crippen molar-refractivity contribution in [3.05, 3.63) is 48.0 Å². The maximum absolute atomic E-state index is 13.6. The van der Waals surface area contributed by atoms with E-state index in [2.05, 4.69) is 4.98 Å². The zero-order chi connectivity index (χ0) is 16.7. The zero-order valence-electron chi connectivity index (χ0n) is 12.1. The third-order valence-electron chi connectivity index (χ3n) is 3.65. The molecule has 0 saturated heterocycles. The Morgan fingerprint density at radius 3 is 2.43 bits per heavy atom. The van der Waals surface area contributed by atoms with Crippen LogP contribution in [0.2, 0.25) is 0 Å². The Bertz CT molecular complexity index is 904. The minimum absolute atomic E-state index is 0.184. The zero-order valence-corrected chi connectivity index (χ0v) is 12.1. The van der Waals surface area contributed by atoms with Crippen LogP contribution in [0, 0.1) is 11.6 Å². The highest BCUT2D eigenvalue weighted by molar-refractivity contribution is 5.84. The molecule has 5 nitrogen and oxygen atoms in total. The fourth-order valence-corrected chi connectivity index (χ4v) is 2.43. The van der Waals surface area contributed by atoms with Gasteiger partial charge in [-0.25, -0.2) is 18.6 Å². The molecule has 3 aromatic rings. The van der Waals surface area contributed by atoms with Crippen LogP contribution in [0.1, 0.15) is 13.0 Å². The van der Waals surface area contributed by atoms with Crippen LogP contribution in [0.4, 0.5) is 14.5 Å². The summed E-state index contributed by atoms with van der Waals surface area (Å²) in [6.07, 6.45) is 0. The molecule has 3 N–H and O–H groups in total. The lowest BCUT2D eigenvalue weighted by atomic mass is 10.2. The van der Waals surface area contributed by atoms with E-state index >= 15 is 0 Å². The third-order valence-corrected chi connectivity index (χ3v) is 3.65. The summed E-state index contributed by atoms with van der Waals surface area (Å²) in [6.45, 7) is 1.45. The van der Waals surface area contributed by atoms with Crippen LogP contribution in [-0.4, -0.2) is 20.6 Å². The molecule has 118 valence electrons. The van der Waals surface area contributed by atoms with Gasteiger partial charge in [-0.1, -0.05) is 0 Å². The Labute approximate surface area is 130 Å². The summed E-state index contributed by atoms with van der Waals surface area (Å²) in [6, 6.07) is 7.55. The number of nitrogen functional groups attached to an aromatic ring is 1. The Kier molecular flexibility index (Phi) is 3.48. The average molecular weight is 317 g/mol. The second-order valence-electron chi connectivity index (χ2n) is 5.20. The summed E-state index contributed by atoms with van der Waals surface area (Å²) in [7, 11) is 0. The SMILES string of the molecule is CC(C(=O)O)n1c(-c2ccc(N)cc2)nc2cc(F)c(F)cc21. The van der Waals surface area contributed by atoms with Crippen molar-refractivity contribution in [3.63, 3.8) is 0 Å². The molecule has 1 aromatic heterocycles. The summed E-state index contributed by atoms with van der Waals surface area (Å²) < 4.78 is 28.4. The van der Waals surface area contributed by atoms with Gasteiger partial charge in [-0.15, -0.1) is 0 Å². The molecule has 23 heavy (non-hydrogen) atoms. The van der Waals surface area contributed by atoms with Crippen molar-refractivity contribution in [2.75, 3.05) is 5.73 Å². The van der Waals surface area contributed by atoms with E-state index in [0.29, 0.717) is 17.1 Å². The van der Waals surface area contributed by atoms with Gasteiger partial charge in [-0.05, 0) is 31.2 Å². The Morgan fingerprint density at radius 2 is 1.83 bits per heavy atom. The van der Waals surface area contributed by atoms with Crippen LogP contribution < -0.4 is 5.73 Å². The van der Waals surface area contributed by atoms with Gasteiger partial charge in [-0.2, -0.15) is 0 Å². The number of carboxylic acid groups (broad SMARTS) is 1. The highest BCUT2D eigenvalue weighted by Crippen LogP contribution is 2.30. The predicted octanol–water partition coefficient (Wildman–Crippen LogP) is 3.21. The summed E-state index contributed by atoms with van der Waals surface area (Å²) >= 11 is 0. The van der Waals surface area contributed by atoms with Crippen molar-refractivity contribution in [3.8, 4) is 11.4 Å². The topological polar surface area (TPSA) is 81.1 Å². The van der Waals surface area contributed by atoms with Gasteiger partial charge in [0.05, 0.1) is 11.0 Å². The molecule has 7 heteroatoms. The van der Waals surface area contributed by atoms with Crippen LogP contribution in [-0.2, 0) is 4.79 Å². The van der Waals surface area contributed by atoms with E-state index in [9.17, 15) is 18.7 Å². The number of hydrogen-bond acceptors (Lipinski definition) is 3. The van der Waals surface area contributed by atoms with Crippen molar-refractivity contribution >= 4 is 22.7 Å². The van der Waals surface area contributed by atoms with E-state index in [-0.39, 0.29) is 11.0 Å². The summed E-state index contributed by atoms with van der Waals surface area (Å²) in [4.78, 5) is 15.7. The molecule has 0 fully saturated rings.